The summed E-state index contributed by atoms with van der Waals surface area (Å²) in [7, 11) is 0. The van der Waals surface area contributed by atoms with Gasteiger partial charge in [-0.25, -0.2) is 4.52 Å². The zero-order valence-electron chi connectivity index (χ0n) is 20.0. The van der Waals surface area contributed by atoms with Crippen LogP contribution >= 0.6 is 0 Å². The summed E-state index contributed by atoms with van der Waals surface area (Å²) in [4.78, 5) is 2.25. The van der Waals surface area contributed by atoms with Gasteiger partial charge in [-0.2, -0.15) is 5.10 Å². The number of aromatic nitrogens is 2. The van der Waals surface area contributed by atoms with Crippen molar-refractivity contribution in [1.82, 2.24) is 14.5 Å². The van der Waals surface area contributed by atoms with E-state index in [2.05, 4.69) is 66.6 Å². The number of pyridine rings is 1. The van der Waals surface area contributed by atoms with Crippen molar-refractivity contribution >= 4 is 16.7 Å². The molecule has 0 radical (unpaired) electrons. The van der Waals surface area contributed by atoms with Gasteiger partial charge in [-0.05, 0) is 83.9 Å². The van der Waals surface area contributed by atoms with Crippen molar-refractivity contribution in [2.75, 3.05) is 19.8 Å². The number of halogens is 1. The third-order valence-corrected chi connectivity index (χ3v) is 7.44. The van der Waals surface area contributed by atoms with E-state index in [0.29, 0.717) is 5.75 Å². The summed E-state index contributed by atoms with van der Waals surface area (Å²) in [5.74, 6) is 0.496. The molecule has 4 aromatic rings. The lowest BCUT2D eigenvalue weighted by atomic mass is 9.87. The first-order valence-corrected chi connectivity index (χ1v) is 12.5. The van der Waals surface area contributed by atoms with Crippen molar-refractivity contribution in [1.29, 1.82) is 0 Å². The molecule has 0 bridgehead atoms. The fraction of sp³-hybridized carbons (Fsp3) is 0.300. The van der Waals surface area contributed by atoms with Gasteiger partial charge in [-0.3, -0.25) is 9.29 Å². The second-order valence-corrected chi connectivity index (χ2v) is 10.0. The van der Waals surface area contributed by atoms with Gasteiger partial charge in [0.15, 0.2) is 0 Å². The summed E-state index contributed by atoms with van der Waals surface area (Å²) < 4.78 is 14.8. The standard InChI is InChI=1S/C30H30FN3O/c1-20-5-2-3-7-27(20)29-8-4-6-22-13-26(35)11-12-28(22)30(29)23-9-10-25-14-24(32-34(25)18-23)19-33-16-21(15-31)17-33/h2-3,5,7,9-14,18,21,35H,4,6,8,15-17,19H2,1H3. The largest absolute Gasteiger partial charge is 0.508 e. The Morgan fingerprint density at radius 2 is 1.86 bits per heavy atom. The quantitative estimate of drug-likeness (QED) is 0.389. The Bertz CT molecular complexity index is 1430. The van der Waals surface area contributed by atoms with Crippen LogP contribution < -0.4 is 0 Å². The summed E-state index contributed by atoms with van der Waals surface area (Å²) in [6.07, 6.45) is 5.08. The Labute approximate surface area is 205 Å². The first-order valence-electron chi connectivity index (χ1n) is 12.5. The third-order valence-electron chi connectivity index (χ3n) is 7.44. The Kier molecular flexibility index (Phi) is 5.65. The number of hydrogen-bond acceptors (Lipinski definition) is 3. The zero-order valence-corrected chi connectivity index (χ0v) is 20.0. The van der Waals surface area contributed by atoms with E-state index < -0.39 is 0 Å². The van der Waals surface area contributed by atoms with Gasteiger partial charge in [0.2, 0.25) is 0 Å². The van der Waals surface area contributed by atoms with E-state index in [1.807, 2.05) is 10.6 Å². The summed E-state index contributed by atoms with van der Waals surface area (Å²) >= 11 is 0. The summed E-state index contributed by atoms with van der Waals surface area (Å²) in [6, 6.07) is 20.8. The van der Waals surface area contributed by atoms with E-state index in [1.165, 1.54) is 33.4 Å². The first-order chi connectivity index (χ1) is 17.1. The number of aryl methyl sites for hydroxylation is 2. The lowest BCUT2D eigenvalue weighted by Crippen LogP contribution is -2.46. The number of phenols is 1. The smallest absolute Gasteiger partial charge is 0.115 e. The van der Waals surface area contributed by atoms with Crippen LogP contribution in [0.4, 0.5) is 4.39 Å². The number of likely N-dealkylation sites (tertiary alicyclic amines) is 1. The van der Waals surface area contributed by atoms with Crippen LogP contribution in [-0.2, 0) is 13.0 Å². The lowest BCUT2D eigenvalue weighted by Gasteiger charge is -2.37. The molecule has 178 valence electrons. The number of allylic oxidation sites excluding steroid dienone is 1. The highest BCUT2D eigenvalue weighted by molar-refractivity contribution is 6.00. The normalized spacial score (nSPS) is 16.9. The molecule has 0 unspecified atom stereocenters. The Morgan fingerprint density at radius 3 is 2.69 bits per heavy atom. The van der Waals surface area contributed by atoms with Crippen LogP contribution in [0.3, 0.4) is 0 Å². The molecule has 0 saturated carbocycles. The molecule has 2 aromatic heterocycles. The number of fused-ring (bicyclic) bond motifs is 2. The van der Waals surface area contributed by atoms with Crippen molar-refractivity contribution in [2.45, 2.75) is 32.7 Å². The van der Waals surface area contributed by atoms with Crippen LogP contribution in [0.25, 0.3) is 16.7 Å². The summed E-state index contributed by atoms with van der Waals surface area (Å²) in [5.41, 5.74) is 10.7. The molecule has 0 spiro atoms. The maximum Gasteiger partial charge on any atom is 0.115 e. The van der Waals surface area contributed by atoms with Crippen molar-refractivity contribution in [3.63, 3.8) is 0 Å². The van der Waals surface area contributed by atoms with Crippen LogP contribution in [0, 0.1) is 12.8 Å². The molecule has 1 fully saturated rings. The van der Waals surface area contributed by atoms with Crippen molar-refractivity contribution in [3.05, 3.63) is 100 Å². The minimum absolute atomic E-state index is 0.181. The first kappa shape index (κ1) is 22.1. The molecule has 2 aromatic carbocycles. The third kappa shape index (κ3) is 4.14. The van der Waals surface area contributed by atoms with Gasteiger partial charge >= 0.3 is 0 Å². The van der Waals surface area contributed by atoms with E-state index in [1.54, 1.807) is 6.07 Å². The monoisotopic (exact) mass is 467 g/mol. The molecule has 35 heavy (non-hydrogen) atoms. The van der Waals surface area contributed by atoms with Crippen LogP contribution in [-0.4, -0.2) is 39.4 Å². The van der Waals surface area contributed by atoms with E-state index in [4.69, 9.17) is 5.10 Å². The van der Waals surface area contributed by atoms with Gasteiger partial charge in [-0.15, -0.1) is 0 Å². The van der Waals surface area contributed by atoms with Gasteiger partial charge in [0, 0.05) is 37.3 Å². The SMILES string of the molecule is Cc1ccccc1C1=C(c2ccc3cc(CN4CC(CF)C4)nn3c2)c2ccc(O)cc2CCC1. The molecule has 5 heteroatoms. The predicted octanol–water partition coefficient (Wildman–Crippen LogP) is 6.05. The van der Waals surface area contributed by atoms with Crippen molar-refractivity contribution in [3.8, 4) is 5.75 Å². The lowest BCUT2D eigenvalue weighted by molar-refractivity contribution is 0.0725. The molecule has 1 saturated heterocycles. The second-order valence-electron chi connectivity index (χ2n) is 10.0. The highest BCUT2D eigenvalue weighted by Crippen LogP contribution is 2.41. The minimum atomic E-state index is -0.234. The zero-order chi connectivity index (χ0) is 23.9. The molecule has 1 N–H and O–H groups in total. The predicted molar refractivity (Wildman–Crippen MR) is 138 cm³/mol. The Morgan fingerprint density at radius 1 is 1.00 bits per heavy atom. The van der Waals surface area contributed by atoms with Crippen LogP contribution in [0.2, 0.25) is 0 Å². The topological polar surface area (TPSA) is 40.8 Å². The number of rotatable bonds is 5. The van der Waals surface area contributed by atoms with Gasteiger partial charge in [0.25, 0.3) is 0 Å². The molecule has 1 aliphatic heterocycles. The Hall–Kier alpha value is -3.44. The summed E-state index contributed by atoms with van der Waals surface area (Å²) in [6.45, 7) is 4.32. The Balaban J connectivity index is 1.46. The van der Waals surface area contributed by atoms with E-state index in [9.17, 15) is 9.50 Å². The van der Waals surface area contributed by atoms with E-state index in [-0.39, 0.29) is 12.6 Å². The van der Waals surface area contributed by atoms with Crippen molar-refractivity contribution < 1.29 is 9.50 Å². The molecule has 2 aliphatic rings. The average molecular weight is 468 g/mol. The van der Waals surface area contributed by atoms with Crippen LogP contribution in [0.5, 0.6) is 5.75 Å². The molecular weight excluding hydrogens is 437 g/mol. The van der Waals surface area contributed by atoms with Gasteiger partial charge in [-0.1, -0.05) is 36.4 Å². The molecule has 6 rings (SSSR count). The van der Waals surface area contributed by atoms with E-state index >= 15 is 0 Å². The number of alkyl halides is 1. The number of benzene rings is 2. The van der Waals surface area contributed by atoms with Crippen LogP contribution in [0.15, 0.2) is 66.9 Å². The molecule has 0 amide bonds. The molecule has 1 aliphatic carbocycles. The average Bonchev–Trinajstić information content (AvgIpc) is 3.14. The van der Waals surface area contributed by atoms with E-state index in [0.717, 1.165) is 55.7 Å². The maximum absolute atomic E-state index is 12.8. The number of hydrogen-bond donors (Lipinski definition) is 1. The molecule has 4 nitrogen and oxygen atoms in total. The highest BCUT2D eigenvalue weighted by Gasteiger charge is 2.27. The molecular formula is C30H30FN3O. The molecule has 3 heterocycles. The fourth-order valence-corrected chi connectivity index (χ4v) is 5.68. The number of nitrogens with zero attached hydrogens (tertiary/aromatic N) is 3. The van der Waals surface area contributed by atoms with Gasteiger partial charge < -0.3 is 5.11 Å². The number of aromatic hydroxyl groups is 1. The van der Waals surface area contributed by atoms with Crippen LogP contribution in [0.1, 0.15) is 46.4 Å². The number of phenolic OH excluding ortho intramolecular Hbond substituents is 1. The highest BCUT2D eigenvalue weighted by atomic mass is 19.1. The second kappa shape index (κ2) is 8.97. The summed E-state index contributed by atoms with van der Waals surface area (Å²) in [5, 5.41) is 15.1. The van der Waals surface area contributed by atoms with Crippen molar-refractivity contribution in [2.24, 2.45) is 5.92 Å². The fourth-order valence-electron chi connectivity index (χ4n) is 5.68. The van der Waals surface area contributed by atoms with Gasteiger partial charge in [0.1, 0.15) is 5.75 Å². The molecule has 0 atom stereocenters. The minimum Gasteiger partial charge on any atom is -0.508 e. The van der Waals surface area contributed by atoms with Gasteiger partial charge in [0.05, 0.1) is 17.9 Å². The maximum atomic E-state index is 12.8.